The molecule has 0 aliphatic carbocycles. The number of nitrogens with two attached hydrogens (primary N) is 1. The van der Waals surface area contributed by atoms with E-state index in [2.05, 4.69) is 10.4 Å². The number of nitrogens with one attached hydrogen (secondary N) is 1. The predicted molar refractivity (Wildman–Crippen MR) is 86.7 cm³/mol. The highest BCUT2D eigenvalue weighted by molar-refractivity contribution is 5.84. The molecule has 116 valence electrons. The van der Waals surface area contributed by atoms with Crippen LogP contribution in [0.25, 0.3) is 5.69 Å². The Bertz CT molecular complexity index is 690. The zero-order chi connectivity index (χ0) is 16.1. The summed E-state index contributed by atoms with van der Waals surface area (Å²) in [5.41, 5.74) is 9.12. The molecule has 0 saturated heterocycles. The maximum Gasteiger partial charge on any atom is 0.332 e. The van der Waals surface area contributed by atoms with Crippen LogP contribution in [0.15, 0.2) is 42.1 Å². The molecule has 0 aliphatic heterocycles. The molecule has 1 aromatic heterocycles. The number of rotatable bonds is 5. The number of carbonyl (C=O) groups excluding carboxylic acids is 1. The van der Waals surface area contributed by atoms with E-state index in [1.165, 1.54) is 6.08 Å². The Hall–Kier alpha value is -2.76. The standard InChI is InChI=1S/C16H20N4O2/c1-4-22-14(21)10-11(2)18-15-12(3)19-20(16(15)17)13-8-6-5-7-9-13/h5-10,18H,4,17H2,1-3H3/b11-10+. The highest BCUT2D eigenvalue weighted by Gasteiger charge is 2.14. The molecule has 0 aliphatic rings. The fourth-order valence-corrected chi connectivity index (χ4v) is 2.06. The number of para-hydroxylation sites is 1. The van der Waals surface area contributed by atoms with Gasteiger partial charge < -0.3 is 15.8 Å². The summed E-state index contributed by atoms with van der Waals surface area (Å²) in [5, 5.41) is 7.54. The molecule has 0 fully saturated rings. The summed E-state index contributed by atoms with van der Waals surface area (Å²) in [6.45, 7) is 5.74. The predicted octanol–water partition coefficient (Wildman–Crippen LogP) is 2.64. The summed E-state index contributed by atoms with van der Waals surface area (Å²) in [6.07, 6.45) is 1.39. The zero-order valence-corrected chi connectivity index (χ0v) is 13.0. The lowest BCUT2D eigenvalue weighted by Gasteiger charge is -2.08. The third-order valence-electron chi connectivity index (χ3n) is 3.04. The molecule has 22 heavy (non-hydrogen) atoms. The highest BCUT2D eigenvalue weighted by Crippen LogP contribution is 2.26. The van der Waals surface area contributed by atoms with E-state index in [1.807, 2.05) is 37.3 Å². The van der Waals surface area contributed by atoms with E-state index in [-0.39, 0.29) is 5.97 Å². The molecule has 0 radical (unpaired) electrons. The summed E-state index contributed by atoms with van der Waals surface area (Å²) >= 11 is 0. The molecule has 1 heterocycles. The van der Waals surface area contributed by atoms with Crippen molar-refractivity contribution in [3.63, 3.8) is 0 Å². The Morgan fingerprint density at radius 1 is 1.41 bits per heavy atom. The number of hydrogen-bond acceptors (Lipinski definition) is 5. The molecule has 0 amide bonds. The molecule has 0 saturated carbocycles. The van der Waals surface area contributed by atoms with E-state index in [1.54, 1.807) is 18.5 Å². The van der Waals surface area contributed by atoms with Crippen molar-refractivity contribution in [2.75, 3.05) is 17.7 Å². The fraction of sp³-hybridized carbons (Fsp3) is 0.250. The second kappa shape index (κ2) is 6.80. The second-order valence-electron chi connectivity index (χ2n) is 4.80. The fourth-order valence-electron chi connectivity index (χ4n) is 2.06. The minimum absolute atomic E-state index is 0.343. The number of allylic oxidation sites excluding steroid dienone is 1. The first-order valence-corrected chi connectivity index (χ1v) is 7.05. The molecule has 0 bridgehead atoms. The number of ether oxygens (including phenoxy) is 1. The number of nitrogens with zero attached hydrogens (tertiary/aromatic N) is 2. The first-order valence-electron chi connectivity index (χ1n) is 7.05. The monoisotopic (exact) mass is 300 g/mol. The van der Waals surface area contributed by atoms with Crippen LogP contribution in [0.1, 0.15) is 19.5 Å². The van der Waals surface area contributed by atoms with Gasteiger partial charge in [0.15, 0.2) is 5.82 Å². The maximum absolute atomic E-state index is 11.4. The van der Waals surface area contributed by atoms with E-state index in [4.69, 9.17) is 10.5 Å². The van der Waals surface area contributed by atoms with Crippen molar-refractivity contribution in [2.24, 2.45) is 0 Å². The number of carbonyl (C=O) groups is 1. The molecule has 3 N–H and O–H groups in total. The number of aromatic nitrogens is 2. The molecule has 0 spiro atoms. The molecular formula is C16H20N4O2. The van der Waals surface area contributed by atoms with E-state index in [0.717, 1.165) is 11.4 Å². The average Bonchev–Trinajstić information content (AvgIpc) is 2.76. The van der Waals surface area contributed by atoms with Crippen molar-refractivity contribution in [1.82, 2.24) is 9.78 Å². The minimum atomic E-state index is -0.390. The van der Waals surface area contributed by atoms with Crippen LogP contribution in [0, 0.1) is 6.92 Å². The first kappa shape index (κ1) is 15.6. The van der Waals surface area contributed by atoms with Crippen LogP contribution in [0.5, 0.6) is 0 Å². The van der Waals surface area contributed by atoms with Crippen molar-refractivity contribution in [2.45, 2.75) is 20.8 Å². The molecule has 6 nitrogen and oxygen atoms in total. The van der Waals surface area contributed by atoms with Gasteiger partial charge in [0.1, 0.15) is 5.69 Å². The van der Waals surface area contributed by atoms with Crippen LogP contribution in [0.4, 0.5) is 11.5 Å². The van der Waals surface area contributed by atoms with Crippen molar-refractivity contribution in [3.05, 3.63) is 47.8 Å². The van der Waals surface area contributed by atoms with Gasteiger partial charge in [0, 0.05) is 11.8 Å². The van der Waals surface area contributed by atoms with Crippen molar-refractivity contribution >= 4 is 17.5 Å². The number of aryl methyl sites for hydroxylation is 1. The second-order valence-corrected chi connectivity index (χ2v) is 4.80. The molecule has 2 rings (SSSR count). The summed E-state index contributed by atoms with van der Waals surface area (Å²) in [5.74, 6) is 0.0967. The third kappa shape index (κ3) is 3.46. The Kier molecular flexibility index (Phi) is 4.83. The van der Waals surface area contributed by atoms with Gasteiger partial charge in [-0.1, -0.05) is 18.2 Å². The summed E-state index contributed by atoms with van der Waals surface area (Å²) in [6, 6.07) is 9.62. The zero-order valence-electron chi connectivity index (χ0n) is 13.0. The summed E-state index contributed by atoms with van der Waals surface area (Å²) in [4.78, 5) is 11.4. The van der Waals surface area contributed by atoms with Gasteiger partial charge in [0.05, 0.1) is 18.0 Å². The quantitative estimate of drug-likeness (QED) is 0.655. The van der Waals surface area contributed by atoms with Gasteiger partial charge >= 0.3 is 5.97 Å². The average molecular weight is 300 g/mol. The van der Waals surface area contributed by atoms with Crippen molar-refractivity contribution in [1.29, 1.82) is 0 Å². The van der Waals surface area contributed by atoms with Crippen LogP contribution in [-0.4, -0.2) is 22.4 Å². The van der Waals surface area contributed by atoms with E-state index < -0.39 is 0 Å². The summed E-state index contributed by atoms with van der Waals surface area (Å²) in [7, 11) is 0. The van der Waals surface area contributed by atoms with Crippen molar-refractivity contribution < 1.29 is 9.53 Å². The molecule has 2 aromatic rings. The summed E-state index contributed by atoms with van der Waals surface area (Å²) < 4.78 is 6.54. The lowest BCUT2D eigenvalue weighted by atomic mass is 10.3. The Labute approximate surface area is 129 Å². The van der Waals surface area contributed by atoms with E-state index >= 15 is 0 Å². The number of nitrogen functional groups attached to an aromatic ring is 1. The van der Waals surface area contributed by atoms with Crippen LogP contribution in [0.2, 0.25) is 0 Å². The minimum Gasteiger partial charge on any atom is -0.463 e. The molecule has 0 atom stereocenters. The Morgan fingerprint density at radius 3 is 2.73 bits per heavy atom. The van der Waals surface area contributed by atoms with Gasteiger partial charge in [-0.25, -0.2) is 9.48 Å². The molecule has 1 aromatic carbocycles. The van der Waals surface area contributed by atoms with Crippen LogP contribution >= 0.6 is 0 Å². The van der Waals surface area contributed by atoms with Crippen LogP contribution in [0.3, 0.4) is 0 Å². The van der Waals surface area contributed by atoms with Gasteiger partial charge in [-0.15, -0.1) is 0 Å². The van der Waals surface area contributed by atoms with Crippen molar-refractivity contribution in [3.8, 4) is 5.69 Å². The molecular weight excluding hydrogens is 280 g/mol. The lowest BCUT2D eigenvalue weighted by molar-refractivity contribution is -0.137. The van der Waals surface area contributed by atoms with E-state index in [0.29, 0.717) is 23.8 Å². The van der Waals surface area contributed by atoms with Gasteiger partial charge in [-0.3, -0.25) is 0 Å². The number of hydrogen-bond donors (Lipinski definition) is 2. The smallest absolute Gasteiger partial charge is 0.332 e. The Balaban J connectivity index is 2.26. The van der Waals surface area contributed by atoms with Gasteiger partial charge in [-0.2, -0.15) is 5.10 Å². The molecule has 0 unspecified atom stereocenters. The van der Waals surface area contributed by atoms with E-state index in [9.17, 15) is 4.79 Å². The van der Waals surface area contributed by atoms with Gasteiger partial charge in [-0.05, 0) is 32.9 Å². The van der Waals surface area contributed by atoms with Crippen LogP contribution in [-0.2, 0) is 9.53 Å². The largest absolute Gasteiger partial charge is 0.463 e. The number of esters is 1. The van der Waals surface area contributed by atoms with Gasteiger partial charge in [0.25, 0.3) is 0 Å². The normalized spacial score (nSPS) is 11.3. The third-order valence-corrected chi connectivity index (χ3v) is 3.04. The lowest BCUT2D eigenvalue weighted by Crippen LogP contribution is -2.06. The Morgan fingerprint density at radius 2 is 2.09 bits per heavy atom. The first-order chi connectivity index (χ1) is 10.5. The van der Waals surface area contributed by atoms with Gasteiger partial charge in [0.2, 0.25) is 0 Å². The SMILES string of the molecule is CCOC(=O)/C=C(\C)Nc1c(C)nn(-c2ccccc2)c1N. The number of anilines is 2. The van der Waals surface area contributed by atoms with Crippen LogP contribution < -0.4 is 11.1 Å². The maximum atomic E-state index is 11.4. The number of benzene rings is 1. The highest BCUT2D eigenvalue weighted by atomic mass is 16.5. The molecule has 6 heteroatoms. The topological polar surface area (TPSA) is 82.2 Å².